The maximum atomic E-state index is 12.3. The highest BCUT2D eigenvalue weighted by atomic mass is 35.5. The second-order valence-corrected chi connectivity index (χ2v) is 8.09. The zero-order valence-corrected chi connectivity index (χ0v) is 17.1. The van der Waals surface area contributed by atoms with Gasteiger partial charge >= 0.3 is 5.97 Å². The molecule has 0 heterocycles. The zero-order valence-electron chi connectivity index (χ0n) is 16.3. The number of carbonyl (C=O) groups is 2. The van der Waals surface area contributed by atoms with Gasteiger partial charge < -0.3 is 9.53 Å². The van der Waals surface area contributed by atoms with Gasteiger partial charge in [0.15, 0.2) is 0 Å². The third-order valence-corrected chi connectivity index (χ3v) is 5.83. The lowest BCUT2D eigenvalue weighted by atomic mass is 9.83. The molecule has 0 aliphatic heterocycles. The minimum atomic E-state index is -0.376. The summed E-state index contributed by atoms with van der Waals surface area (Å²) in [6, 6.07) is 15.0. The first-order valence-electron chi connectivity index (χ1n) is 10.1. The van der Waals surface area contributed by atoms with E-state index >= 15 is 0 Å². The molecule has 1 unspecified atom stereocenters. The van der Waals surface area contributed by atoms with Crippen LogP contribution in [0.1, 0.15) is 78.8 Å². The number of hydrogen-bond donors (Lipinski definition) is 0. The number of benzene rings is 2. The molecule has 4 heteroatoms. The van der Waals surface area contributed by atoms with Crippen molar-refractivity contribution in [1.82, 2.24) is 0 Å². The van der Waals surface area contributed by atoms with Crippen LogP contribution in [-0.2, 0) is 9.53 Å². The lowest BCUT2D eigenvalue weighted by Gasteiger charge is -2.24. The summed E-state index contributed by atoms with van der Waals surface area (Å²) in [6.07, 6.45) is 6.51. The molecular weight excluding hydrogens is 372 g/mol. The van der Waals surface area contributed by atoms with Crippen LogP contribution in [0.15, 0.2) is 48.5 Å². The van der Waals surface area contributed by atoms with E-state index in [1.165, 1.54) is 37.7 Å². The monoisotopic (exact) mass is 398 g/mol. The third-order valence-electron chi connectivity index (χ3n) is 5.50. The van der Waals surface area contributed by atoms with Crippen LogP contribution in [0, 0.1) is 0 Å². The smallest absolute Gasteiger partial charge is 0.338 e. The molecule has 0 spiro atoms. The Balaban J connectivity index is 1.72. The van der Waals surface area contributed by atoms with Crippen molar-refractivity contribution >= 4 is 23.4 Å². The van der Waals surface area contributed by atoms with E-state index in [-0.39, 0.29) is 24.3 Å². The van der Waals surface area contributed by atoms with Crippen LogP contribution >= 0.6 is 11.6 Å². The predicted octanol–water partition coefficient (Wildman–Crippen LogP) is 6.31. The van der Waals surface area contributed by atoms with E-state index in [1.807, 2.05) is 18.2 Å². The van der Waals surface area contributed by atoms with Gasteiger partial charge in [0, 0.05) is 17.4 Å². The number of hydrogen-bond acceptors (Lipinski definition) is 3. The Morgan fingerprint density at radius 1 is 1.07 bits per heavy atom. The molecular formula is C24H27ClO3. The Labute approximate surface area is 172 Å². The van der Waals surface area contributed by atoms with E-state index in [9.17, 15) is 9.59 Å². The molecule has 0 radical (unpaired) electrons. The van der Waals surface area contributed by atoms with E-state index in [0.717, 1.165) is 10.6 Å². The summed E-state index contributed by atoms with van der Waals surface area (Å²) in [5.41, 5.74) is 2.66. The second-order valence-electron chi connectivity index (χ2n) is 7.68. The number of esters is 1. The summed E-state index contributed by atoms with van der Waals surface area (Å²) >= 11 is 6.61. The molecule has 1 atom stereocenters. The lowest BCUT2D eigenvalue weighted by molar-refractivity contribution is -0.117. The first kappa shape index (κ1) is 20.6. The van der Waals surface area contributed by atoms with Gasteiger partial charge in [-0.2, -0.15) is 0 Å². The first-order chi connectivity index (χ1) is 13.5. The Morgan fingerprint density at radius 3 is 2.43 bits per heavy atom. The van der Waals surface area contributed by atoms with Gasteiger partial charge in [-0.05, 0) is 55.0 Å². The Kier molecular flexibility index (Phi) is 7.27. The first-order valence-corrected chi connectivity index (χ1v) is 10.4. The maximum absolute atomic E-state index is 12.3. The summed E-state index contributed by atoms with van der Waals surface area (Å²) in [5.74, 6) is 0.0212. The molecule has 2 aromatic rings. The molecule has 0 bridgehead atoms. The summed E-state index contributed by atoms with van der Waals surface area (Å²) in [5, 5.41) is 0.757. The van der Waals surface area contributed by atoms with Crippen molar-refractivity contribution in [1.29, 1.82) is 0 Å². The molecule has 3 nitrogen and oxygen atoms in total. The van der Waals surface area contributed by atoms with Crippen molar-refractivity contribution < 1.29 is 14.3 Å². The highest BCUT2D eigenvalue weighted by Crippen LogP contribution is 2.37. The minimum absolute atomic E-state index is 0.0632. The topological polar surface area (TPSA) is 43.4 Å². The van der Waals surface area contributed by atoms with Gasteiger partial charge in [0.2, 0.25) is 0 Å². The normalized spacial score (nSPS) is 15.8. The fraction of sp³-hybridized carbons (Fsp3) is 0.417. The summed E-state index contributed by atoms with van der Waals surface area (Å²) < 4.78 is 5.50. The van der Waals surface area contributed by atoms with Gasteiger partial charge in [-0.3, -0.25) is 0 Å². The van der Waals surface area contributed by atoms with Gasteiger partial charge in [0.25, 0.3) is 0 Å². The van der Waals surface area contributed by atoms with Crippen LogP contribution in [0.2, 0.25) is 5.02 Å². The number of Topliss-reactive ketones (excluding diaryl/α,β-unsaturated/α-hetero) is 1. The van der Waals surface area contributed by atoms with Crippen LogP contribution in [-0.4, -0.2) is 18.4 Å². The maximum Gasteiger partial charge on any atom is 0.338 e. The Morgan fingerprint density at radius 2 is 1.79 bits per heavy atom. The molecule has 1 aliphatic carbocycles. The van der Waals surface area contributed by atoms with Gasteiger partial charge in [-0.15, -0.1) is 0 Å². The molecule has 0 saturated heterocycles. The average molecular weight is 399 g/mol. The van der Waals surface area contributed by atoms with E-state index in [4.69, 9.17) is 16.3 Å². The molecule has 1 aliphatic rings. The second kappa shape index (κ2) is 9.88. The van der Waals surface area contributed by atoms with Crippen LogP contribution in [0.5, 0.6) is 0 Å². The Bertz CT molecular complexity index is 810. The van der Waals surface area contributed by atoms with Gasteiger partial charge in [-0.25, -0.2) is 4.79 Å². The zero-order chi connectivity index (χ0) is 19.9. The van der Waals surface area contributed by atoms with E-state index in [1.54, 1.807) is 31.2 Å². The van der Waals surface area contributed by atoms with E-state index < -0.39 is 0 Å². The van der Waals surface area contributed by atoms with Crippen LogP contribution in [0.25, 0.3) is 0 Å². The molecule has 2 aromatic carbocycles. The van der Waals surface area contributed by atoms with Crippen molar-refractivity contribution in [2.45, 2.75) is 57.3 Å². The molecule has 1 fully saturated rings. The molecule has 3 rings (SSSR count). The third kappa shape index (κ3) is 5.45. The predicted molar refractivity (Wildman–Crippen MR) is 112 cm³/mol. The van der Waals surface area contributed by atoms with Gasteiger partial charge in [0.1, 0.15) is 5.78 Å². The molecule has 1 saturated carbocycles. The van der Waals surface area contributed by atoms with Crippen molar-refractivity contribution in [2.75, 3.05) is 6.61 Å². The van der Waals surface area contributed by atoms with Crippen LogP contribution in [0.3, 0.4) is 0 Å². The SMILES string of the molecule is CC(=O)CC(COC(=O)c1ccccc1)c1ccc(C2CCCCC2)c(Cl)c1. The van der Waals surface area contributed by atoms with Crippen molar-refractivity contribution in [2.24, 2.45) is 0 Å². The number of ether oxygens (including phenoxy) is 1. The van der Waals surface area contributed by atoms with E-state index in [2.05, 4.69) is 6.07 Å². The largest absolute Gasteiger partial charge is 0.461 e. The molecule has 28 heavy (non-hydrogen) atoms. The molecule has 148 valence electrons. The summed E-state index contributed by atoms with van der Waals surface area (Å²) in [7, 11) is 0. The van der Waals surface area contributed by atoms with Gasteiger partial charge in [-0.1, -0.05) is 61.2 Å². The van der Waals surface area contributed by atoms with E-state index in [0.29, 0.717) is 17.9 Å². The van der Waals surface area contributed by atoms with Crippen LogP contribution in [0.4, 0.5) is 0 Å². The average Bonchev–Trinajstić information content (AvgIpc) is 2.72. The highest BCUT2D eigenvalue weighted by molar-refractivity contribution is 6.31. The Hall–Kier alpha value is -2.13. The fourth-order valence-electron chi connectivity index (χ4n) is 4.00. The number of rotatable bonds is 7. The van der Waals surface area contributed by atoms with Crippen molar-refractivity contribution in [3.63, 3.8) is 0 Å². The number of halogens is 1. The fourth-order valence-corrected chi connectivity index (χ4v) is 4.34. The highest BCUT2D eigenvalue weighted by Gasteiger charge is 2.21. The van der Waals surface area contributed by atoms with Gasteiger partial charge in [0.05, 0.1) is 12.2 Å². The quantitative estimate of drug-likeness (QED) is 0.513. The number of ketones is 1. The summed E-state index contributed by atoms with van der Waals surface area (Å²) in [4.78, 5) is 24.0. The van der Waals surface area contributed by atoms with Crippen molar-refractivity contribution in [3.05, 3.63) is 70.2 Å². The molecule has 0 N–H and O–H groups in total. The number of carbonyl (C=O) groups excluding carboxylic acids is 2. The minimum Gasteiger partial charge on any atom is -0.461 e. The molecule has 0 amide bonds. The summed E-state index contributed by atoms with van der Waals surface area (Å²) in [6.45, 7) is 1.72. The van der Waals surface area contributed by atoms with Crippen LogP contribution < -0.4 is 0 Å². The lowest BCUT2D eigenvalue weighted by Crippen LogP contribution is -2.16. The molecule has 0 aromatic heterocycles. The standard InChI is InChI=1S/C24H27ClO3/c1-17(26)14-21(16-28-24(27)19-10-6-3-7-11-19)20-12-13-22(23(25)15-20)18-8-4-2-5-9-18/h3,6-7,10-13,15,18,21H,2,4-5,8-9,14,16H2,1H3. The van der Waals surface area contributed by atoms with Crippen molar-refractivity contribution in [3.8, 4) is 0 Å².